The van der Waals surface area contributed by atoms with Crippen LogP contribution in [0.5, 0.6) is 0 Å². The van der Waals surface area contributed by atoms with Crippen LogP contribution in [0, 0.1) is 0 Å². The molecule has 3 rings (SSSR count). The summed E-state index contributed by atoms with van der Waals surface area (Å²) in [6, 6.07) is 14.5. The molecule has 2 aromatic carbocycles. The van der Waals surface area contributed by atoms with Gasteiger partial charge in [-0.3, -0.25) is 9.59 Å². The van der Waals surface area contributed by atoms with Gasteiger partial charge in [0.1, 0.15) is 12.4 Å². The highest BCUT2D eigenvalue weighted by Gasteiger charge is 2.38. The Balaban J connectivity index is 2.07. The molecule has 0 N–H and O–H groups in total. The number of carbonyl (C=O) groups excluding carboxylic acids is 2. The molecule has 0 unspecified atom stereocenters. The number of ether oxygens (including phenoxy) is 1. The second-order valence-corrected chi connectivity index (χ2v) is 6.13. The van der Waals surface area contributed by atoms with E-state index in [4.69, 9.17) is 4.74 Å². The third-order valence-corrected chi connectivity index (χ3v) is 4.68. The van der Waals surface area contributed by atoms with E-state index >= 15 is 0 Å². The molecule has 0 bridgehead atoms. The van der Waals surface area contributed by atoms with Crippen LogP contribution >= 0.6 is 0 Å². The smallest absolute Gasteiger partial charge is 0.302 e. The number of hydrogen-bond acceptors (Lipinski definition) is 3. The molecule has 0 atom stereocenters. The number of carbonyl (C=O) groups is 2. The molecule has 0 amide bonds. The zero-order valence-electron chi connectivity index (χ0n) is 12.8. The van der Waals surface area contributed by atoms with Crippen LogP contribution in [0.15, 0.2) is 42.5 Å². The van der Waals surface area contributed by atoms with Gasteiger partial charge in [-0.2, -0.15) is 0 Å². The molecule has 1 fully saturated rings. The molecular weight excluding hydrogens is 276 g/mol. The van der Waals surface area contributed by atoms with E-state index < -0.39 is 0 Å². The predicted octanol–water partition coefficient (Wildman–Crippen LogP) is 3.78. The molecule has 0 heterocycles. The van der Waals surface area contributed by atoms with Crippen LogP contribution in [0.4, 0.5) is 0 Å². The van der Waals surface area contributed by atoms with Crippen LogP contribution in [0.3, 0.4) is 0 Å². The minimum Gasteiger partial charge on any atom is -0.465 e. The number of ketones is 1. The second kappa shape index (κ2) is 5.91. The maximum absolute atomic E-state index is 11.7. The van der Waals surface area contributed by atoms with Crippen LogP contribution in [-0.2, 0) is 19.7 Å². The Morgan fingerprint density at radius 1 is 1.09 bits per heavy atom. The Hall–Kier alpha value is -2.16. The number of Topliss-reactive ketones (excluding diaryl/α,β-unsaturated/α-hetero) is 1. The summed E-state index contributed by atoms with van der Waals surface area (Å²) in [5, 5.41) is 2.37. The van der Waals surface area contributed by atoms with E-state index in [2.05, 4.69) is 24.3 Å². The van der Waals surface area contributed by atoms with Gasteiger partial charge in [-0.1, -0.05) is 42.5 Å². The molecule has 3 nitrogen and oxygen atoms in total. The van der Waals surface area contributed by atoms with Crippen molar-refractivity contribution in [3.8, 4) is 0 Å². The van der Waals surface area contributed by atoms with Crippen LogP contribution in [0.1, 0.15) is 38.2 Å². The van der Waals surface area contributed by atoms with Gasteiger partial charge in [0.05, 0.1) is 0 Å². The zero-order valence-corrected chi connectivity index (χ0v) is 12.8. The van der Waals surface area contributed by atoms with Crippen molar-refractivity contribution < 1.29 is 14.3 Å². The Bertz CT molecular complexity index is 702. The summed E-state index contributed by atoms with van der Waals surface area (Å²) in [6.07, 6.45) is 2.61. The first-order chi connectivity index (χ1) is 10.6. The SMILES string of the molecule is CC(=O)OCC1(c2cccc3ccccc23)CCC(=O)CC1. The quantitative estimate of drug-likeness (QED) is 0.809. The van der Waals surface area contributed by atoms with Crippen molar-refractivity contribution in [3.05, 3.63) is 48.0 Å². The molecule has 3 heteroatoms. The molecule has 114 valence electrons. The molecule has 22 heavy (non-hydrogen) atoms. The normalized spacial score (nSPS) is 17.4. The lowest BCUT2D eigenvalue weighted by molar-refractivity contribution is -0.143. The summed E-state index contributed by atoms with van der Waals surface area (Å²) in [6.45, 7) is 1.79. The van der Waals surface area contributed by atoms with Gasteiger partial charge in [0.25, 0.3) is 0 Å². The molecule has 0 radical (unpaired) electrons. The van der Waals surface area contributed by atoms with Gasteiger partial charge in [0.15, 0.2) is 0 Å². The molecule has 0 aliphatic heterocycles. The predicted molar refractivity (Wildman–Crippen MR) is 85.7 cm³/mol. The van der Waals surface area contributed by atoms with E-state index in [1.807, 2.05) is 18.2 Å². The number of fused-ring (bicyclic) bond motifs is 1. The highest BCUT2D eigenvalue weighted by atomic mass is 16.5. The van der Waals surface area contributed by atoms with Gasteiger partial charge in [-0.15, -0.1) is 0 Å². The van der Waals surface area contributed by atoms with E-state index in [0.29, 0.717) is 25.2 Å². The van der Waals surface area contributed by atoms with Crippen molar-refractivity contribution in [1.82, 2.24) is 0 Å². The molecule has 2 aromatic rings. The molecule has 1 saturated carbocycles. The first kappa shape index (κ1) is 14.8. The number of benzene rings is 2. The van der Waals surface area contributed by atoms with E-state index in [9.17, 15) is 9.59 Å². The molecular formula is C19H20O3. The van der Waals surface area contributed by atoms with Crippen molar-refractivity contribution in [3.63, 3.8) is 0 Å². The van der Waals surface area contributed by atoms with E-state index in [0.717, 1.165) is 12.8 Å². The molecule has 1 aliphatic carbocycles. The Morgan fingerprint density at radius 2 is 1.77 bits per heavy atom. The maximum atomic E-state index is 11.7. The fourth-order valence-electron chi connectivity index (χ4n) is 3.43. The van der Waals surface area contributed by atoms with Crippen molar-refractivity contribution in [1.29, 1.82) is 0 Å². The van der Waals surface area contributed by atoms with Gasteiger partial charge in [-0.25, -0.2) is 0 Å². The topological polar surface area (TPSA) is 43.4 Å². The Labute approximate surface area is 130 Å². The second-order valence-electron chi connectivity index (χ2n) is 6.13. The van der Waals surface area contributed by atoms with Gasteiger partial charge in [0, 0.05) is 25.2 Å². The summed E-state index contributed by atoms with van der Waals surface area (Å²) >= 11 is 0. The fourth-order valence-corrected chi connectivity index (χ4v) is 3.43. The molecule has 0 aromatic heterocycles. The molecule has 0 saturated heterocycles. The zero-order chi connectivity index (χ0) is 15.6. The van der Waals surface area contributed by atoms with Crippen LogP contribution in [0.25, 0.3) is 10.8 Å². The van der Waals surface area contributed by atoms with E-state index in [1.54, 1.807) is 0 Å². The van der Waals surface area contributed by atoms with Gasteiger partial charge >= 0.3 is 5.97 Å². The monoisotopic (exact) mass is 296 g/mol. The minimum atomic E-state index is -0.267. The lowest BCUT2D eigenvalue weighted by Gasteiger charge is -2.37. The summed E-state index contributed by atoms with van der Waals surface area (Å²) in [5.41, 5.74) is 0.944. The van der Waals surface area contributed by atoms with Gasteiger partial charge in [-0.05, 0) is 29.2 Å². The maximum Gasteiger partial charge on any atom is 0.302 e. The Morgan fingerprint density at radius 3 is 2.50 bits per heavy atom. The van der Waals surface area contributed by atoms with Gasteiger partial charge in [0.2, 0.25) is 0 Å². The van der Waals surface area contributed by atoms with Crippen LogP contribution in [-0.4, -0.2) is 18.4 Å². The summed E-state index contributed by atoms with van der Waals surface area (Å²) < 4.78 is 5.37. The fraction of sp³-hybridized carbons (Fsp3) is 0.368. The largest absolute Gasteiger partial charge is 0.465 e. The third-order valence-electron chi connectivity index (χ3n) is 4.68. The van der Waals surface area contributed by atoms with Crippen molar-refractivity contribution in [2.24, 2.45) is 0 Å². The number of hydrogen-bond donors (Lipinski definition) is 0. The van der Waals surface area contributed by atoms with Crippen molar-refractivity contribution >= 4 is 22.5 Å². The van der Waals surface area contributed by atoms with E-state index in [-0.39, 0.29) is 11.4 Å². The first-order valence-corrected chi connectivity index (χ1v) is 7.74. The molecule has 0 spiro atoms. The average Bonchev–Trinajstić information content (AvgIpc) is 2.54. The first-order valence-electron chi connectivity index (χ1n) is 7.74. The van der Waals surface area contributed by atoms with Crippen LogP contribution < -0.4 is 0 Å². The summed E-state index contributed by atoms with van der Waals surface area (Å²) in [7, 11) is 0. The lowest BCUT2D eigenvalue weighted by atomic mass is 9.68. The highest BCUT2D eigenvalue weighted by molar-refractivity contribution is 5.87. The highest BCUT2D eigenvalue weighted by Crippen LogP contribution is 2.41. The summed E-state index contributed by atoms with van der Waals surface area (Å²) in [4.78, 5) is 23.0. The minimum absolute atomic E-state index is 0.250. The molecule has 1 aliphatic rings. The van der Waals surface area contributed by atoms with E-state index in [1.165, 1.54) is 23.3 Å². The standard InChI is InChI=1S/C19H20O3/c1-14(20)22-13-19(11-9-16(21)10-12-19)18-8-4-6-15-5-2-3-7-17(15)18/h2-8H,9-13H2,1H3. The van der Waals surface area contributed by atoms with Crippen molar-refractivity contribution in [2.45, 2.75) is 38.0 Å². The number of rotatable bonds is 3. The third kappa shape index (κ3) is 2.76. The average molecular weight is 296 g/mol. The number of esters is 1. The summed E-state index contributed by atoms with van der Waals surface area (Å²) in [5.74, 6) is 0.0372. The van der Waals surface area contributed by atoms with Crippen molar-refractivity contribution in [2.75, 3.05) is 6.61 Å². The van der Waals surface area contributed by atoms with Gasteiger partial charge < -0.3 is 4.74 Å². The van der Waals surface area contributed by atoms with Crippen LogP contribution in [0.2, 0.25) is 0 Å². The lowest BCUT2D eigenvalue weighted by Crippen LogP contribution is -2.37. The Kier molecular flexibility index (Phi) is 3.97.